The summed E-state index contributed by atoms with van der Waals surface area (Å²) in [5.41, 5.74) is 0.605. The Hall–Kier alpha value is -1.00. The third-order valence-electron chi connectivity index (χ3n) is 4.00. The Bertz CT molecular complexity index is 389. The Kier molecular flexibility index (Phi) is 4.07. The predicted molar refractivity (Wildman–Crippen MR) is 71.0 cm³/mol. The molecule has 2 heteroatoms. The molecule has 0 heterocycles. The molecule has 0 radical (unpaired) electrons. The van der Waals surface area contributed by atoms with Crippen molar-refractivity contribution in [2.24, 2.45) is 5.92 Å². The van der Waals surface area contributed by atoms with Crippen molar-refractivity contribution in [3.05, 3.63) is 35.9 Å². The lowest BCUT2D eigenvalue weighted by Crippen LogP contribution is -2.37. The molecule has 0 aromatic heterocycles. The van der Waals surface area contributed by atoms with E-state index in [-0.39, 0.29) is 0 Å². The van der Waals surface area contributed by atoms with Gasteiger partial charge in [-0.15, -0.1) is 11.6 Å². The van der Waals surface area contributed by atoms with Gasteiger partial charge in [-0.3, -0.25) is 0 Å². The summed E-state index contributed by atoms with van der Waals surface area (Å²) in [6.45, 7) is 0. The molecule has 1 aromatic carbocycles. The fourth-order valence-electron chi connectivity index (χ4n) is 2.94. The van der Waals surface area contributed by atoms with Crippen molar-refractivity contribution in [2.75, 3.05) is 5.88 Å². The average molecular weight is 248 g/mol. The number of benzene rings is 1. The van der Waals surface area contributed by atoms with Crippen LogP contribution in [0.25, 0.3) is 0 Å². The van der Waals surface area contributed by atoms with E-state index < -0.39 is 5.41 Å². The predicted octanol–water partition coefficient (Wildman–Crippen LogP) is 4.27. The van der Waals surface area contributed by atoms with Gasteiger partial charge in [0, 0.05) is 5.88 Å². The molecule has 1 aliphatic carbocycles. The van der Waals surface area contributed by atoms with Crippen molar-refractivity contribution < 1.29 is 0 Å². The van der Waals surface area contributed by atoms with Crippen molar-refractivity contribution in [1.82, 2.24) is 0 Å². The first-order chi connectivity index (χ1) is 8.33. The number of nitrogens with zero attached hydrogens (tertiary/aromatic N) is 1. The fraction of sp³-hybridized carbons (Fsp3) is 0.533. The molecular formula is C15H18ClN. The van der Waals surface area contributed by atoms with Gasteiger partial charge in [-0.2, -0.15) is 5.26 Å². The summed E-state index contributed by atoms with van der Waals surface area (Å²) in [4.78, 5) is 0. The largest absolute Gasteiger partial charge is 0.197 e. The van der Waals surface area contributed by atoms with Gasteiger partial charge < -0.3 is 0 Å². The van der Waals surface area contributed by atoms with Crippen LogP contribution in [0.15, 0.2) is 30.3 Å². The number of hydrogen-bond donors (Lipinski definition) is 0. The summed E-state index contributed by atoms with van der Waals surface area (Å²) < 4.78 is 0. The Morgan fingerprint density at radius 1 is 1.18 bits per heavy atom. The van der Waals surface area contributed by atoms with E-state index in [1.165, 1.54) is 19.3 Å². The zero-order chi connectivity index (χ0) is 12.1. The monoisotopic (exact) mass is 247 g/mol. The molecule has 1 nitrogen and oxygen atoms in total. The van der Waals surface area contributed by atoms with E-state index in [0.29, 0.717) is 11.8 Å². The molecule has 0 saturated heterocycles. The molecule has 1 aliphatic rings. The molecule has 1 unspecified atom stereocenters. The lowest BCUT2D eigenvalue weighted by molar-refractivity contribution is 0.270. The zero-order valence-electron chi connectivity index (χ0n) is 10.0. The first kappa shape index (κ1) is 12.5. The molecule has 1 fully saturated rings. The molecule has 1 atom stereocenters. The second kappa shape index (κ2) is 5.56. The van der Waals surface area contributed by atoms with Gasteiger partial charge in [-0.05, 0) is 24.3 Å². The average Bonchev–Trinajstić information content (AvgIpc) is 2.43. The van der Waals surface area contributed by atoms with Gasteiger partial charge in [0.1, 0.15) is 0 Å². The SMILES string of the molecule is N#CC(CCl)(c1ccccc1)C1CCCCC1. The Morgan fingerprint density at radius 3 is 2.35 bits per heavy atom. The standard InChI is InChI=1S/C15H18ClN/c16-11-15(12-17,13-7-3-1-4-8-13)14-9-5-2-6-10-14/h1,3-4,7-8,14H,2,5-6,9-11H2. The van der Waals surface area contributed by atoms with E-state index >= 15 is 0 Å². The molecule has 0 amide bonds. The summed E-state index contributed by atoms with van der Waals surface area (Å²) in [5, 5.41) is 9.65. The topological polar surface area (TPSA) is 23.8 Å². The maximum absolute atomic E-state index is 9.65. The molecule has 1 saturated carbocycles. The number of nitriles is 1. The van der Waals surface area contributed by atoms with Gasteiger partial charge >= 0.3 is 0 Å². The van der Waals surface area contributed by atoms with Gasteiger partial charge in [0.25, 0.3) is 0 Å². The lowest BCUT2D eigenvalue weighted by atomic mass is 9.67. The zero-order valence-corrected chi connectivity index (χ0v) is 10.8. The van der Waals surface area contributed by atoms with Gasteiger partial charge in [0.15, 0.2) is 0 Å². The minimum Gasteiger partial charge on any atom is -0.197 e. The first-order valence-corrected chi connectivity index (χ1v) is 6.89. The number of hydrogen-bond acceptors (Lipinski definition) is 1. The molecule has 0 aliphatic heterocycles. The highest BCUT2D eigenvalue weighted by atomic mass is 35.5. The quantitative estimate of drug-likeness (QED) is 0.732. The van der Waals surface area contributed by atoms with Gasteiger partial charge in [0.2, 0.25) is 0 Å². The van der Waals surface area contributed by atoms with Crippen LogP contribution < -0.4 is 0 Å². The first-order valence-electron chi connectivity index (χ1n) is 6.36. The Morgan fingerprint density at radius 2 is 1.82 bits per heavy atom. The normalized spacial score (nSPS) is 20.5. The summed E-state index contributed by atoms with van der Waals surface area (Å²) in [6.07, 6.45) is 6.04. The summed E-state index contributed by atoms with van der Waals surface area (Å²) >= 11 is 6.17. The van der Waals surface area contributed by atoms with Crippen LogP contribution in [0.2, 0.25) is 0 Å². The Labute approximate surface area is 108 Å². The maximum atomic E-state index is 9.65. The fourth-order valence-corrected chi connectivity index (χ4v) is 3.37. The minimum atomic E-state index is -0.483. The van der Waals surface area contributed by atoms with Crippen molar-refractivity contribution in [2.45, 2.75) is 37.5 Å². The van der Waals surface area contributed by atoms with E-state index in [4.69, 9.17) is 11.6 Å². The van der Waals surface area contributed by atoms with Gasteiger partial charge in [0.05, 0.1) is 11.5 Å². The smallest absolute Gasteiger partial charge is 0.0985 e. The Balaban J connectivity index is 2.35. The molecule has 1 aromatic rings. The highest BCUT2D eigenvalue weighted by molar-refractivity contribution is 6.19. The van der Waals surface area contributed by atoms with E-state index in [2.05, 4.69) is 6.07 Å². The number of alkyl halides is 1. The number of rotatable bonds is 3. The van der Waals surface area contributed by atoms with E-state index in [1.54, 1.807) is 0 Å². The van der Waals surface area contributed by atoms with Crippen LogP contribution in [0.4, 0.5) is 0 Å². The molecule has 17 heavy (non-hydrogen) atoms. The van der Waals surface area contributed by atoms with Crippen molar-refractivity contribution >= 4 is 11.6 Å². The van der Waals surface area contributed by atoms with Crippen molar-refractivity contribution in [3.8, 4) is 6.07 Å². The van der Waals surface area contributed by atoms with Gasteiger partial charge in [-0.25, -0.2) is 0 Å². The van der Waals surface area contributed by atoms with Crippen LogP contribution in [0.3, 0.4) is 0 Å². The summed E-state index contributed by atoms with van der Waals surface area (Å²) in [5.74, 6) is 0.819. The van der Waals surface area contributed by atoms with Crippen molar-refractivity contribution in [3.63, 3.8) is 0 Å². The van der Waals surface area contributed by atoms with Gasteiger partial charge in [-0.1, -0.05) is 49.6 Å². The second-order valence-corrected chi connectivity index (χ2v) is 5.19. The van der Waals surface area contributed by atoms with Crippen molar-refractivity contribution in [1.29, 1.82) is 5.26 Å². The highest BCUT2D eigenvalue weighted by Gasteiger charge is 2.40. The van der Waals surface area contributed by atoms with Crippen LogP contribution in [0.5, 0.6) is 0 Å². The second-order valence-electron chi connectivity index (χ2n) is 4.92. The molecule has 0 bridgehead atoms. The van der Waals surface area contributed by atoms with E-state index in [1.807, 2.05) is 30.3 Å². The van der Waals surface area contributed by atoms with E-state index in [0.717, 1.165) is 18.4 Å². The van der Waals surface area contributed by atoms with E-state index in [9.17, 15) is 5.26 Å². The molecule has 2 rings (SSSR count). The third kappa shape index (κ3) is 2.33. The molecule has 90 valence electrons. The molecule has 0 spiro atoms. The van der Waals surface area contributed by atoms with Crippen LogP contribution in [0.1, 0.15) is 37.7 Å². The summed E-state index contributed by atoms with van der Waals surface area (Å²) in [6, 6.07) is 12.6. The van der Waals surface area contributed by atoms with Crippen LogP contribution >= 0.6 is 11.6 Å². The molecular weight excluding hydrogens is 230 g/mol. The minimum absolute atomic E-state index is 0.401. The molecule has 0 N–H and O–H groups in total. The lowest BCUT2D eigenvalue weighted by Gasteiger charge is -2.36. The maximum Gasteiger partial charge on any atom is 0.0985 e. The van der Waals surface area contributed by atoms with Crippen LogP contribution in [-0.4, -0.2) is 5.88 Å². The number of halogens is 1. The van der Waals surface area contributed by atoms with Crippen LogP contribution in [0, 0.1) is 17.2 Å². The summed E-state index contributed by atoms with van der Waals surface area (Å²) in [7, 11) is 0. The van der Waals surface area contributed by atoms with Crippen LogP contribution in [-0.2, 0) is 5.41 Å². The third-order valence-corrected chi connectivity index (χ3v) is 4.42. The highest BCUT2D eigenvalue weighted by Crippen LogP contribution is 2.41.